The van der Waals surface area contributed by atoms with Crippen LogP contribution in [0, 0.1) is 0 Å². The SMILES string of the molecule is CC(=O)N[C@H]1[C@H](O[C@@H]2[C@@H](O[C@@H]3O[C@H](CO)[C@@H](O)[C@H](O)[C@H]3NC(C)=O)[C@@H](O)[C@@H](CO)O[C@H]2O)O[C@H](CO)[C@@H](O)[C@@H]1O. The number of carbonyl (C=O) groups is 2. The van der Waals surface area contributed by atoms with Gasteiger partial charge < -0.3 is 80.3 Å². The molecular formula is C22H38N2O16. The van der Waals surface area contributed by atoms with Gasteiger partial charge in [-0.2, -0.15) is 0 Å². The third-order valence-electron chi connectivity index (χ3n) is 6.90. The van der Waals surface area contributed by atoms with Gasteiger partial charge >= 0.3 is 0 Å². The first-order valence-corrected chi connectivity index (χ1v) is 12.6. The van der Waals surface area contributed by atoms with E-state index in [4.69, 9.17) is 23.7 Å². The summed E-state index contributed by atoms with van der Waals surface area (Å²) in [5.41, 5.74) is 0. The molecule has 0 radical (unpaired) electrons. The van der Waals surface area contributed by atoms with Gasteiger partial charge in [0.2, 0.25) is 11.8 Å². The first kappa shape index (κ1) is 32.9. The summed E-state index contributed by atoms with van der Waals surface area (Å²) < 4.78 is 27.9. The standard InChI is InChI=1S/C22H38N2O16/c1-6(28)23-11-16(33)13(30)8(3-25)37-21(11)39-18-15(32)10(5-27)36-20(35)19(18)40-22-12(24-7(2)29)17(34)14(31)9(4-26)38-22/h8-22,25-27,30-35H,3-5H2,1-2H3,(H,23,28)(H,24,29)/t8-,9-,10-,11-,12-,13-,14-,15+,16-,17-,18+,19-,20-,21+,22+/m1/s1. The van der Waals surface area contributed by atoms with Gasteiger partial charge in [0, 0.05) is 13.8 Å². The normalized spacial score (nSPS) is 46.0. The molecule has 15 atom stereocenters. The molecule has 3 rings (SSSR count). The fraction of sp³-hybridized carbons (Fsp3) is 0.909. The van der Waals surface area contributed by atoms with E-state index >= 15 is 0 Å². The lowest BCUT2D eigenvalue weighted by Gasteiger charge is -2.49. The van der Waals surface area contributed by atoms with Gasteiger partial charge in [-0.05, 0) is 0 Å². The van der Waals surface area contributed by atoms with Crippen LogP contribution < -0.4 is 10.6 Å². The number of carbonyl (C=O) groups excluding carboxylic acids is 2. The highest BCUT2D eigenvalue weighted by atomic mass is 16.8. The van der Waals surface area contributed by atoms with Crippen molar-refractivity contribution in [1.29, 1.82) is 0 Å². The molecule has 0 saturated carbocycles. The summed E-state index contributed by atoms with van der Waals surface area (Å²) in [6.07, 6.45) is -21.5. The van der Waals surface area contributed by atoms with E-state index in [1.54, 1.807) is 0 Å². The van der Waals surface area contributed by atoms with Crippen molar-refractivity contribution in [3.63, 3.8) is 0 Å². The van der Waals surface area contributed by atoms with Gasteiger partial charge in [-0.25, -0.2) is 0 Å². The van der Waals surface area contributed by atoms with Gasteiger partial charge in [0.1, 0.15) is 73.1 Å². The van der Waals surface area contributed by atoms with E-state index in [1.165, 1.54) is 0 Å². The van der Waals surface area contributed by atoms with Crippen LogP contribution in [0.5, 0.6) is 0 Å². The van der Waals surface area contributed by atoms with Crippen LogP contribution in [0.25, 0.3) is 0 Å². The fourth-order valence-electron chi connectivity index (χ4n) is 4.84. The van der Waals surface area contributed by atoms with E-state index in [9.17, 15) is 55.5 Å². The van der Waals surface area contributed by atoms with E-state index in [-0.39, 0.29) is 0 Å². The van der Waals surface area contributed by atoms with Crippen LogP contribution in [0.2, 0.25) is 0 Å². The second kappa shape index (κ2) is 14.0. The zero-order valence-electron chi connectivity index (χ0n) is 21.7. The van der Waals surface area contributed by atoms with E-state index in [1.807, 2.05) is 0 Å². The summed E-state index contributed by atoms with van der Waals surface area (Å²) in [5.74, 6) is -1.33. The van der Waals surface area contributed by atoms with Gasteiger partial charge in [0.05, 0.1) is 19.8 Å². The number of ether oxygens (including phenoxy) is 5. The molecule has 0 aromatic heterocycles. The zero-order valence-corrected chi connectivity index (χ0v) is 21.7. The second-order valence-corrected chi connectivity index (χ2v) is 9.81. The van der Waals surface area contributed by atoms with Crippen LogP contribution in [0.4, 0.5) is 0 Å². The van der Waals surface area contributed by atoms with Crippen LogP contribution in [-0.4, -0.2) is 170 Å². The van der Waals surface area contributed by atoms with Crippen LogP contribution in [0.15, 0.2) is 0 Å². The number of aliphatic hydroxyl groups is 9. The second-order valence-electron chi connectivity index (χ2n) is 9.81. The quantitative estimate of drug-likeness (QED) is 0.120. The molecular weight excluding hydrogens is 548 g/mol. The van der Waals surface area contributed by atoms with Crippen molar-refractivity contribution in [1.82, 2.24) is 10.6 Å². The monoisotopic (exact) mass is 586 g/mol. The highest BCUT2D eigenvalue weighted by Gasteiger charge is 2.54. The zero-order chi connectivity index (χ0) is 29.9. The minimum Gasteiger partial charge on any atom is -0.394 e. The van der Waals surface area contributed by atoms with Crippen LogP contribution in [-0.2, 0) is 33.3 Å². The van der Waals surface area contributed by atoms with Crippen LogP contribution >= 0.6 is 0 Å². The summed E-state index contributed by atoms with van der Waals surface area (Å²) in [4.78, 5) is 23.6. The number of rotatable bonds is 9. The number of hydrogen-bond acceptors (Lipinski definition) is 16. The molecule has 3 heterocycles. The van der Waals surface area contributed by atoms with Crippen molar-refractivity contribution in [3.8, 4) is 0 Å². The average Bonchev–Trinajstić information content (AvgIpc) is 2.90. The largest absolute Gasteiger partial charge is 0.394 e. The number of aliphatic hydroxyl groups excluding tert-OH is 9. The summed E-state index contributed by atoms with van der Waals surface area (Å²) in [6.45, 7) is -0.151. The van der Waals surface area contributed by atoms with Crippen LogP contribution in [0.1, 0.15) is 13.8 Å². The predicted molar refractivity (Wildman–Crippen MR) is 124 cm³/mol. The molecule has 0 aromatic carbocycles. The van der Waals surface area contributed by atoms with Gasteiger partial charge in [0.25, 0.3) is 0 Å². The Morgan fingerprint density at radius 3 is 1.35 bits per heavy atom. The lowest BCUT2D eigenvalue weighted by Crippen LogP contribution is -2.69. The van der Waals surface area contributed by atoms with Gasteiger partial charge in [0.15, 0.2) is 18.9 Å². The topological polar surface area (TPSA) is 286 Å². The highest BCUT2D eigenvalue weighted by Crippen LogP contribution is 2.32. The Hall–Kier alpha value is -1.62. The number of hydrogen-bond donors (Lipinski definition) is 11. The van der Waals surface area contributed by atoms with E-state index in [2.05, 4.69) is 10.6 Å². The molecule has 3 saturated heterocycles. The molecule has 0 spiro atoms. The molecule has 3 fully saturated rings. The lowest BCUT2D eigenvalue weighted by molar-refractivity contribution is -0.374. The molecule has 40 heavy (non-hydrogen) atoms. The van der Waals surface area contributed by atoms with Crippen LogP contribution in [0.3, 0.4) is 0 Å². The molecule has 3 aliphatic heterocycles. The fourth-order valence-corrected chi connectivity index (χ4v) is 4.84. The van der Waals surface area contributed by atoms with Crippen molar-refractivity contribution in [2.75, 3.05) is 19.8 Å². The predicted octanol–water partition coefficient (Wildman–Crippen LogP) is -7.29. The molecule has 0 aliphatic carbocycles. The molecule has 11 N–H and O–H groups in total. The summed E-state index contributed by atoms with van der Waals surface area (Å²) in [5, 5.41) is 96.8. The van der Waals surface area contributed by atoms with Crippen molar-refractivity contribution in [2.24, 2.45) is 0 Å². The first-order chi connectivity index (χ1) is 18.8. The molecule has 0 aromatic rings. The van der Waals surface area contributed by atoms with Crippen molar-refractivity contribution in [2.45, 2.75) is 106 Å². The molecule has 0 unspecified atom stereocenters. The third kappa shape index (κ3) is 7.05. The van der Waals surface area contributed by atoms with Gasteiger partial charge in [-0.15, -0.1) is 0 Å². The Bertz CT molecular complexity index is 854. The molecule has 3 aliphatic rings. The van der Waals surface area contributed by atoms with Crippen molar-refractivity contribution < 1.29 is 79.2 Å². The van der Waals surface area contributed by atoms with E-state index in [0.717, 1.165) is 13.8 Å². The van der Waals surface area contributed by atoms with Crippen molar-refractivity contribution >= 4 is 11.8 Å². The summed E-state index contributed by atoms with van der Waals surface area (Å²) >= 11 is 0. The summed E-state index contributed by atoms with van der Waals surface area (Å²) in [7, 11) is 0. The van der Waals surface area contributed by atoms with Gasteiger partial charge in [-0.1, -0.05) is 0 Å². The Morgan fingerprint density at radius 1 is 0.600 bits per heavy atom. The smallest absolute Gasteiger partial charge is 0.217 e. The molecule has 0 bridgehead atoms. The Morgan fingerprint density at radius 2 is 0.975 bits per heavy atom. The summed E-state index contributed by atoms with van der Waals surface area (Å²) in [6, 6.07) is -2.91. The minimum absolute atomic E-state index is 0.666. The average molecular weight is 587 g/mol. The Kier molecular flexibility index (Phi) is 11.5. The lowest BCUT2D eigenvalue weighted by atomic mass is 9.94. The third-order valence-corrected chi connectivity index (χ3v) is 6.90. The molecule has 18 heteroatoms. The maximum absolute atomic E-state index is 11.8. The Labute approximate surface area is 228 Å². The highest BCUT2D eigenvalue weighted by molar-refractivity contribution is 5.73. The van der Waals surface area contributed by atoms with E-state index in [0.29, 0.717) is 0 Å². The minimum atomic E-state index is -1.96. The Balaban J connectivity index is 1.94. The number of nitrogens with one attached hydrogen (secondary N) is 2. The molecule has 232 valence electrons. The van der Waals surface area contributed by atoms with Crippen molar-refractivity contribution in [3.05, 3.63) is 0 Å². The van der Waals surface area contributed by atoms with E-state index < -0.39 is 124 Å². The molecule has 2 amide bonds. The first-order valence-electron chi connectivity index (χ1n) is 12.6. The number of amides is 2. The maximum atomic E-state index is 11.8. The maximum Gasteiger partial charge on any atom is 0.217 e. The van der Waals surface area contributed by atoms with Gasteiger partial charge in [-0.3, -0.25) is 9.59 Å². The molecule has 18 nitrogen and oxygen atoms in total.